The SMILES string of the molecule is CC(=O)c1cc(Cl)sc1SCl. The Labute approximate surface area is 82.2 Å². The standard InChI is InChI=1S/C6H4Cl2OS2/c1-3(9)4-2-5(7)10-6(4)11-8/h2H,1H3. The molecule has 5 heteroatoms. The molecular weight excluding hydrogens is 223 g/mol. The molecule has 0 aliphatic rings. The average molecular weight is 227 g/mol. The fourth-order valence-electron chi connectivity index (χ4n) is 0.648. The molecule has 0 spiro atoms. The number of Topliss-reactive ketones (excluding diaryl/α,β-unsaturated/α-hetero) is 1. The highest BCUT2D eigenvalue weighted by Gasteiger charge is 2.11. The van der Waals surface area contributed by atoms with Gasteiger partial charge in [0, 0.05) is 5.56 Å². The van der Waals surface area contributed by atoms with E-state index in [0.29, 0.717) is 9.90 Å². The van der Waals surface area contributed by atoms with E-state index in [1.807, 2.05) is 0 Å². The Morgan fingerprint density at radius 1 is 1.73 bits per heavy atom. The molecule has 0 aliphatic carbocycles. The summed E-state index contributed by atoms with van der Waals surface area (Å²) in [5, 5.41) is 0. The molecule has 0 amide bonds. The maximum Gasteiger partial charge on any atom is 0.161 e. The van der Waals surface area contributed by atoms with Crippen LogP contribution in [0.3, 0.4) is 0 Å². The summed E-state index contributed by atoms with van der Waals surface area (Å²) >= 11 is 7.00. The van der Waals surface area contributed by atoms with E-state index >= 15 is 0 Å². The molecule has 0 bridgehead atoms. The van der Waals surface area contributed by atoms with Crippen molar-refractivity contribution < 1.29 is 4.79 Å². The summed E-state index contributed by atoms with van der Waals surface area (Å²) in [6.07, 6.45) is 0. The number of carbonyl (C=O) groups excluding carboxylic acids is 1. The van der Waals surface area contributed by atoms with Crippen LogP contribution in [0.15, 0.2) is 10.3 Å². The fraction of sp³-hybridized carbons (Fsp3) is 0.167. The van der Waals surface area contributed by atoms with E-state index in [-0.39, 0.29) is 5.78 Å². The summed E-state index contributed by atoms with van der Waals surface area (Å²) in [6, 6.07) is 1.64. The van der Waals surface area contributed by atoms with Crippen LogP contribution >= 0.6 is 44.6 Å². The molecule has 1 aromatic rings. The fourth-order valence-corrected chi connectivity index (χ4v) is 3.01. The van der Waals surface area contributed by atoms with Gasteiger partial charge in [-0.2, -0.15) is 0 Å². The average Bonchev–Trinajstić information content (AvgIpc) is 2.30. The zero-order valence-corrected chi connectivity index (χ0v) is 8.70. The zero-order valence-electron chi connectivity index (χ0n) is 5.56. The van der Waals surface area contributed by atoms with Gasteiger partial charge in [-0.15, -0.1) is 11.3 Å². The lowest BCUT2D eigenvalue weighted by atomic mass is 10.2. The van der Waals surface area contributed by atoms with Gasteiger partial charge in [-0.1, -0.05) is 11.6 Å². The third-order valence-corrected chi connectivity index (χ3v) is 3.77. The highest BCUT2D eigenvalue weighted by molar-refractivity contribution is 8.22. The van der Waals surface area contributed by atoms with Gasteiger partial charge in [-0.3, -0.25) is 4.79 Å². The van der Waals surface area contributed by atoms with Gasteiger partial charge >= 0.3 is 0 Å². The van der Waals surface area contributed by atoms with E-state index in [1.165, 1.54) is 18.3 Å². The minimum absolute atomic E-state index is 0.00343. The quantitative estimate of drug-likeness (QED) is 0.714. The topological polar surface area (TPSA) is 17.1 Å². The first-order valence-electron chi connectivity index (χ1n) is 2.74. The molecule has 1 heterocycles. The van der Waals surface area contributed by atoms with Crippen molar-refractivity contribution >= 4 is 50.4 Å². The van der Waals surface area contributed by atoms with Crippen molar-refractivity contribution in [1.29, 1.82) is 0 Å². The molecule has 0 fully saturated rings. The second-order valence-corrected chi connectivity index (χ2v) is 4.85. The summed E-state index contributed by atoms with van der Waals surface area (Å²) < 4.78 is 1.36. The van der Waals surface area contributed by atoms with Crippen LogP contribution in [0, 0.1) is 0 Å². The monoisotopic (exact) mass is 226 g/mol. The minimum Gasteiger partial charge on any atom is -0.294 e. The van der Waals surface area contributed by atoms with Crippen LogP contribution in [0.1, 0.15) is 17.3 Å². The summed E-state index contributed by atoms with van der Waals surface area (Å²) in [4.78, 5) is 10.9. The molecular formula is C6H4Cl2OS2. The van der Waals surface area contributed by atoms with E-state index in [9.17, 15) is 4.79 Å². The molecule has 0 aliphatic heterocycles. The zero-order chi connectivity index (χ0) is 8.43. The van der Waals surface area contributed by atoms with Crippen LogP contribution in [0.25, 0.3) is 0 Å². The number of ketones is 1. The Hall–Kier alpha value is 0.300. The van der Waals surface area contributed by atoms with Crippen molar-refractivity contribution in [1.82, 2.24) is 0 Å². The van der Waals surface area contributed by atoms with E-state index in [2.05, 4.69) is 0 Å². The lowest BCUT2D eigenvalue weighted by Gasteiger charge is -1.90. The molecule has 1 aromatic heterocycles. The van der Waals surface area contributed by atoms with Crippen molar-refractivity contribution in [3.05, 3.63) is 16.0 Å². The molecule has 0 atom stereocenters. The first kappa shape index (κ1) is 9.39. The van der Waals surface area contributed by atoms with Crippen molar-refractivity contribution in [2.75, 3.05) is 0 Å². The van der Waals surface area contributed by atoms with Crippen LogP contribution in [0.4, 0.5) is 0 Å². The second kappa shape index (κ2) is 3.81. The maximum absolute atomic E-state index is 10.9. The third kappa shape index (κ3) is 2.12. The number of hydrogen-bond acceptors (Lipinski definition) is 3. The molecule has 0 aromatic carbocycles. The molecule has 0 unspecified atom stereocenters. The lowest BCUT2D eigenvalue weighted by molar-refractivity contribution is 0.101. The normalized spacial score (nSPS) is 10.1. The van der Waals surface area contributed by atoms with Gasteiger partial charge < -0.3 is 0 Å². The van der Waals surface area contributed by atoms with Gasteiger partial charge in [0.1, 0.15) is 0 Å². The molecule has 0 radical (unpaired) electrons. The van der Waals surface area contributed by atoms with E-state index in [1.54, 1.807) is 6.07 Å². The summed E-state index contributed by atoms with van der Waals surface area (Å²) in [5.41, 5.74) is 0.611. The van der Waals surface area contributed by atoms with Crippen LogP contribution in [0.2, 0.25) is 4.34 Å². The number of hydrogen-bond donors (Lipinski definition) is 0. The number of halogens is 2. The molecule has 0 N–H and O–H groups in total. The third-order valence-electron chi connectivity index (χ3n) is 1.12. The highest BCUT2D eigenvalue weighted by Crippen LogP contribution is 2.36. The van der Waals surface area contributed by atoms with Crippen LogP contribution < -0.4 is 0 Å². The molecule has 11 heavy (non-hydrogen) atoms. The van der Waals surface area contributed by atoms with Crippen LogP contribution in [-0.2, 0) is 0 Å². The van der Waals surface area contributed by atoms with Gasteiger partial charge in [-0.25, -0.2) is 0 Å². The van der Waals surface area contributed by atoms with Gasteiger partial charge in [0.15, 0.2) is 5.78 Å². The minimum atomic E-state index is -0.00343. The summed E-state index contributed by atoms with van der Waals surface area (Å²) in [5.74, 6) is -0.00343. The van der Waals surface area contributed by atoms with Gasteiger partial charge in [0.2, 0.25) is 0 Å². The lowest BCUT2D eigenvalue weighted by Crippen LogP contribution is -1.88. The molecule has 1 rings (SSSR count). The first-order valence-corrected chi connectivity index (χ1v) is 5.57. The van der Waals surface area contributed by atoms with Crippen LogP contribution in [-0.4, -0.2) is 5.78 Å². The van der Waals surface area contributed by atoms with Gasteiger partial charge in [-0.05, 0) is 34.6 Å². The Morgan fingerprint density at radius 2 is 2.36 bits per heavy atom. The Kier molecular flexibility index (Phi) is 3.25. The number of carbonyl (C=O) groups is 1. The Balaban J connectivity index is 3.12. The summed E-state index contributed by atoms with van der Waals surface area (Å²) in [6.45, 7) is 1.50. The van der Waals surface area contributed by atoms with E-state index < -0.39 is 0 Å². The first-order chi connectivity index (χ1) is 5.15. The highest BCUT2D eigenvalue weighted by atomic mass is 35.7. The predicted molar refractivity (Wildman–Crippen MR) is 51.0 cm³/mol. The van der Waals surface area contributed by atoms with E-state index in [0.717, 1.165) is 15.2 Å². The van der Waals surface area contributed by atoms with Crippen LogP contribution in [0.5, 0.6) is 0 Å². The largest absolute Gasteiger partial charge is 0.294 e. The Morgan fingerprint density at radius 3 is 2.73 bits per heavy atom. The predicted octanol–water partition coefficient (Wildman–Crippen LogP) is 3.85. The molecule has 0 saturated heterocycles. The van der Waals surface area contributed by atoms with Gasteiger partial charge in [0.05, 0.1) is 8.55 Å². The van der Waals surface area contributed by atoms with Crippen molar-refractivity contribution in [2.45, 2.75) is 11.1 Å². The molecule has 1 nitrogen and oxygen atoms in total. The maximum atomic E-state index is 10.9. The Bertz CT molecular complexity index is 282. The second-order valence-electron chi connectivity index (χ2n) is 1.88. The van der Waals surface area contributed by atoms with Crippen molar-refractivity contribution in [2.24, 2.45) is 0 Å². The van der Waals surface area contributed by atoms with Crippen molar-refractivity contribution in [3.63, 3.8) is 0 Å². The number of thiophene rings is 1. The summed E-state index contributed by atoms with van der Waals surface area (Å²) in [7, 11) is 6.54. The molecule has 0 saturated carbocycles. The van der Waals surface area contributed by atoms with E-state index in [4.69, 9.17) is 22.3 Å². The van der Waals surface area contributed by atoms with Gasteiger partial charge in [0.25, 0.3) is 0 Å². The molecule has 60 valence electrons. The smallest absolute Gasteiger partial charge is 0.161 e. The van der Waals surface area contributed by atoms with Crippen molar-refractivity contribution in [3.8, 4) is 0 Å². The number of rotatable bonds is 2.